The van der Waals surface area contributed by atoms with E-state index >= 15 is 0 Å². The second kappa shape index (κ2) is 9.77. The molecule has 0 unspecified atom stereocenters. The number of thioether (sulfide) groups is 1. The average Bonchev–Trinajstić information content (AvgIpc) is 3.25. The van der Waals surface area contributed by atoms with Crippen LogP contribution in [0.2, 0.25) is 0 Å². The fraction of sp³-hybridized carbons (Fsp3) is 0.214. The van der Waals surface area contributed by atoms with Crippen LogP contribution in [0.15, 0.2) is 75.8 Å². The Morgan fingerprint density at radius 3 is 2.47 bits per heavy atom. The van der Waals surface area contributed by atoms with Crippen molar-refractivity contribution in [3.05, 3.63) is 98.9 Å². The Kier molecular flexibility index (Phi) is 6.80. The van der Waals surface area contributed by atoms with Crippen LogP contribution >= 0.6 is 11.8 Å². The first-order valence-electron chi connectivity index (χ1n) is 11.2. The second-order valence-electron chi connectivity index (χ2n) is 8.26. The number of aliphatic hydroxyl groups excluding tert-OH is 1. The fourth-order valence-electron chi connectivity index (χ4n) is 3.99. The molecular formula is C28H28N2O3S. The van der Waals surface area contributed by atoms with Gasteiger partial charge in [0, 0.05) is 17.1 Å². The first kappa shape index (κ1) is 23.6. The lowest BCUT2D eigenvalue weighted by Crippen LogP contribution is -2.12. The maximum Gasteiger partial charge on any atom is 0.344 e. The summed E-state index contributed by atoms with van der Waals surface area (Å²) in [7, 11) is 0. The molecule has 6 heteroatoms. The van der Waals surface area contributed by atoms with E-state index in [9.17, 15) is 9.90 Å². The molecule has 1 aromatic heterocycles. The number of hydrogen-bond donors (Lipinski definition) is 1. The van der Waals surface area contributed by atoms with E-state index in [1.807, 2.05) is 49.4 Å². The molecule has 1 N–H and O–H groups in total. The molecule has 174 valence electrons. The van der Waals surface area contributed by atoms with Crippen molar-refractivity contribution in [1.29, 1.82) is 0 Å². The molecule has 5 nitrogen and oxygen atoms in total. The topological polar surface area (TPSA) is 63.8 Å². The summed E-state index contributed by atoms with van der Waals surface area (Å²) in [5.41, 5.74) is 7.34. The summed E-state index contributed by atoms with van der Waals surface area (Å²) in [4.78, 5) is 17.9. The van der Waals surface area contributed by atoms with Gasteiger partial charge in [-0.2, -0.15) is 0 Å². The minimum atomic E-state index is -0.577. The number of aromatic nitrogens is 1. The van der Waals surface area contributed by atoms with Crippen LogP contribution < -0.4 is 0 Å². The lowest BCUT2D eigenvalue weighted by atomic mass is 10.1. The summed E-state index contributed by atoms with van der Waals surface area (Å²) in [6.45, 7) is 10.2. The van der Waals surface area contributed by atoms with Gasteiger partial charge >= 0.3 is 5.97 Å². The predicted molar refractivity (Wildman–Crippen MR) is 140 cm³/mol. The highest BCUT2D eigenvalue weighted by atomic mass is 32.2. The van der Waals surface area contributed by atoms with Crippen LogP contribution in [0.3, 0.4) is 0 Å². The van der Waals surface area contributed by atoms with Crippen molar-refractivity contribution in [2.75, 3.05) is 6.61 Å². The Balaban J connectivity index is 1.78. The smallest absolute Gasteiger partial charge is 0.344 e. The Morgan fingerprint density at radius 2 is 1.79 bits per heavy atom. The molecule has 1 aliphatic heterocycles. The lowest BCUT2D eigenvalue weighted by molar-refractivity contribution is -0.138. The van der Waals surface area contributed by atoms with Crippen molar-refractivity contribution in [3.63, 3.8) is 0 Å². The molecule has 0 spiro atoms. The number of carbonyl (C=O) groups is 1. The summed E-state index contributed by atoms with van der Waals surface area (Å²) < 4.78 is 7.42. The third-order valence-electron chi connectivity index (χ3n) is 5.75. The van der Waals surface area contributed by atoms with Gasteiger partial charge in [-0.15, -0.1) is 0 Å². The lowest BCUT2D eigenvalue weighted by Gasteiger charge is -2.12. The number of aryl methyl sites for hydroxylation is 3. The zero-order valence-corrected chi connectivity index (χ0v) is 20.9. The normalized spacial score (nSPS) is 16.0. The van der Waals surface area contributed by atoms with E-state index < -0.39 is 5.97 Å². The number of para-hydroxylation sites is 1. The highest BCUT2D eigenvalue weighted by Crippen LogP contribution is 2.41. The number of carbonyl (C=O) groups excluding carboxylic acids is 1. The molecule has 0 aliphatic carbocycles. The third-order valence-corrected chi connectivity index (χ3v) is 6.77. The van der Waals surface area contributed by atoms with Crippen LogP contribution in [0.4, 0.5) is 5.69 Å². The standard InChI is InChI=1S/C28H28N2O3S/c1-6-33-28(32)25-26(31)24(34-27(25)29-22-13-11-17(2)12-14-22)16-21-15-19(4)30(20(21)5)23-10-8-7-9-18(23)3/h7-16,31H,6H2,1-5H3/b24-16+,29-27?. The molecule has 2 aromatic carbocycles. The Bertz CT molecular complexity index is 1340. The van der Waals surface area contributed by atoms with Crippen LogP contribution in [-0.2, 0) is 9.53 Å². The van der Waals surface area contributed by atoms with Crippen LogP contribution in [-0.4, -0.2) is 27.3 Å². The summed E-state index contributed by atoms with van der Waals surface area (Å²) in [5.74, 6) is -0.679. The van der Waals surface area contributed by atoms with E-state index in [0.717, 1.165) is 28.2 Å². The number of rotatable bonds is 5. The minimum absolute atomic E-state index is 0.102. The van der Waals surface area contributed by atoms with Crippen molar-refractivity contribution in [1.82, 2.24) is 4.57 Å². The quantitative estimate of drug-likeness (QED) is 0.410. The van der Waals surface area contributed by atoms with Gasteiger partial charge in [-0.25, -0.2) is 9.79 Å². The Labute approximate surface area is 204 Å². The Morgan fingerprint density at radius 1 is 1.09 bits per heavy atom. The van der Waals surface area contributed by atoms with Crippen LogP contribution in [0, 0.1) is 27.7 Å². The van der Waals surface area contributed by atoms with Gasteiger partial charge < -0.3 is 14.4 Å². The minimum Gasteiger partial charge on any atom is -0.506 e. The van der Waals surface area contributed by atoms with Gasteiger partial charge in [0.15, 0.2) is 0 Å². The maximum absolute atomic E-state index is 12.7. The summed E-state index contributed by atoms with van der Waals surface area (Å²) in [6.07, 6.45) is 1.91. The van der Waals surface area contributed by atoms with Crippen molar-refractivity contribution in [3.8, 4) is 5.69 Å². The molecule has 0 saturated carbocycles. The Hall–Kier alpha value is -3.51. The van der Waals surface area contributed by atoms with Crippen molar-refractivity contribution >= 4 is 34.5 Å². The van der Waals surface area contributed by atoms with Gasteiger partial charge in [-0.05, 0) is 76.1 Å². The van der Waals surface area contributed by atoms with Crippen molar-refractivity contribution < 1.29 is 14.6 Å². The van der Waals surface area contributed by atoms with Crippen LogP contribution in [0.25, 0.3) is 11.8 Å². The van der Waals surface area contributed by atoms with Gasteiger partial charge in [0.2, 0.25) is 0 Å². The largest absolute Gasteiger partial charge is 0.506 e. The molecule has 0 amide bonds. The van der Waals surface area contributed by atoms with E-state index in [4.69, 9.17) is 4.74 Å². The molecule has 1 aliphatic rings. The van der Waals surface area contributed by atoms with E-state index in [1.165, 1.54) is 17.3 Å². The first-order valence-corrected chi connectivity index (χ1v) is 12.0. The monoisotopic (exact) mass is 472 g/mol. The first-order chi connectivity index (χ1) is 16.3. The average molecular weight is 473 g/mol. The second-order valence-corrected chi connectivity index (χ2v) is 9.29. The molecule has 34 heavy (non-hydrogen) atoms. The number of aliphatic hydroxyl groups is 1. The molecule has 0 fully saturated rings. The number of nitrogens with zero attached hydrogens (tertiary/aromatic N) is 2. The summed E-state index contributed by atoms with van der Waals surface area (Å²) in [6, 6.07) is 18.0. The molecule has 0 saturated heterocycles. The van der Waals surface area contributed by atoms with Crippen LogP contribution in [0.1, 0.15) is 35.0 Å². The number of benzene rings is 2. The van der Waals surface area contributed by atoms with Gasteiger partial charge in [0.05, 0.1) is 17.2 Å². The third kappa shape index (κ3) is 4.59. The number of hydrogen-bond acceptors (Lipinski definition) is 5. The number of ether oxygens (including phenoxy) is 1. The van der Waals surface area contributed by atoms with Gasteiger partial charge in [0.1, 0.15) is 16.4 Å². The fourth-order valence-corrected chi connectivity index (χ4v) is 5.01. The van der Waals surface area contributed by atoms with Gasteiger partial charge in [0.25, 0.3) is 0 Å². The number of aliphatic imine (C=N–C) groups is 1. The highest BCUT2D eigenvalue weighted by molar-refractivity contribution is 8.18. The SMILES string of the molecule is CCOC(=O)C1=C(O)/C(=C\c2cc(C)n(-c3ccccc3C)c2C)SC1=Nc1ccc(C)cc1. The van der Waals surface area contributed by atoms with Gasteiger partial charge in [-0.3, -0.25) is 0 Å². The van der Waals surface area contributed by atoms with Crippen molar-refractivity contribution in [2.24, 2.45) is 4.99 Å². The molecule has 0 radical (unpaired) electrons. The predicted octanol–water partition coefficient (Wildman–Crippen LogP) is 6.90. The maximum atomic E-state index is 12.7. The highest BCUT2D eigenvalue weighted by Gasteiger charge is 2.33. The summed E-state index contributed by atoms with van der Waals surface area (Å²) >= 11 is 1.27. The molecule has 3 aromatic rings. The number of esters is 1. The van der Waals surface area contributed by atoms with Crippen LogP contribution in [0.5, 0.6) is 0 Å². The zero-order valence-electron chi connectivity index (χ0n) is 20.0. The van der Waals surface area contributed by atoms with Crippen molar-refractivity contribution in [2.45, 2.75) is 34.6 Å². The molecule has 4 rings (SSSR count). The molecular weight excluding hydrogens is 444 g/mol. The molecule has 0 atom stereocenters. The summed E-state index contributed by atoms with van der Waals surface area (Å²) in [5, 5.41) is 11.5. The van der Waals surface area contributed by atoms with Gasteiger partial charge in [-0.1, -0.05) is 47.7 Å². The molecule has 2 heterocycles. The van der Waals surface area contributed by atoms with E-state index in [0.29, 0.717) is 15.6 Å². The zero-order chi connectivity index (χ0) is 24.4. The molecule has 0 bridgehead atoms. The van der Waals surface area contributed by atoms with E-state index in [1.54, 1.807) is 6.92 Å². The van der Waals surface area contributed by atoms with E-state index in [-0.39, 0.29) is 17.9 Å². The van der Waals surface area contributed by atoms with E-state index in [2.05, 4.69) is 48.5 Å².